The zero-order valence-corrected chi connectivity index (χ0v) is 10.5. The van der Waals surface area contributed by atoms with Gasteiger partial charge in [-0.3, -0.25) is 0 Å². The molecule has 6 heteroatoms. The van der Waals surface area contributed by atoms with Crippen LogP contribution in [0.1, 0.15) is 6.42 Å². The Hall–Kier alpha value is -2.50. The highest BCUT2D eigenvalue weighted by molar-refractivity contribution is 5.77. The summed E-state index contributed by atoms with van der Waals surface area (Å²) in [6, 6.07) is 8.33. The quantitative estimate of drug-likeness (QED) is 0.628. The Labute approximate surface area is 113 Å². The maximum absolute atomic E-state index is 11.1. The zero-order valence-electron chi connectivity index (χ0n) is 10.5. The van der Waals surface area contributed by atoms with E-state index in [1.165, 1.54) is 6.07 Å². The molecule has 1 aromatic heterocycles. The van der Waals surface area contributed by atoms with Gasteiger partial charge in [-0.15, -0.1) is 0 Å². The van der Waals surface area contributed by atoms with E-state index in [0.717, 1.165) is 5.39 Å². The van der Waals surface area contributed by atoms with Crippen molar-refractivity contribution >= 4 is 17.1 Å². The van der Waals surface area contributed by atoms with Gasteiger partial charge in [0.2, 0.25) is 0 Å². The highest BCUT2D eigenvalue weighted by Crippen LogP contribution is 2.20. The van der Waals surface area contributed by atoms with Gasteiger partial charge < -0.3 is 18.6 Å². The van der Waals surface area contributed by atoms with Crippen molar-refractivity contribution in [2.45, 2.75) is 12.5 Å². The molecule has 0 amide bonds. The molecule has 2 heterocycles. The van der Waals surface area contributed by atoms with Crippen LogP contribution in [0.5, 0.6) is 5.75 Å². The first kappa shape index (κ1) is 12.5. The van der Waals surface area contributed by atoms with E-state index in [-0.39, 0.29) is 12.7 Å². The molecule has 1 aliphatic rings. The van der Waals surface area contributed by atoms with Gasteiger partial charge in [0.1, 0.15) is 24.0 Å². The average molecular weight is 276 g/mol. The number of benzene rings is 1. The van der Waals surface area contributed by atoms with Crippen LogP contribution in [0.15, 0.2) is 39.5 Å². The Bertz CT molecular complexity index is 689. The Morgan fingerprint density at radius 3 is 2.85 bits per heavy atom. The second-order valence-electron chi connectivity index (χ2n) is 4.39. The first-order chi connectivity index (χ1) is 9.70. The van der Waals surface area contributed by atoms with Gasteiger partial charge in [-0.25, -0.2) is 9.59 Å². The van der Waals surface area contributed by atoms with Crippen LogP contribution >= 0.6 is 0 Å². The van der Waals surface area contributed by atoms with Crippen LogP contribution < -0.4 is 10.4 Å². The van der Waals surface area contributed by atoms with Gasteiger partial charge in [-0.05, 0) is 18.2 Å². The summed E-state index contributed by atoms with van der Waals surface area (Å²) in [5, 5.41) is 0.829. The molecule has 0 bridgehead atoms. The Morgan fingerprint density at radius 1 is 1.20 bits per heavy atom. The lowest BCUT2D eigenvalue weighted by atomic mass is 10.2. The van der Waals surface area contributed by atoms with Crippen LogP contribution in [0.3, 0.4) is 0 Å². The van der Waals surface area contributed by atoms with Gasteiger partial charge in [-0.1, -0.05) is 0 Å². The summed E-state index contributed by atoms with van der Waals surface area (Å²) in [7, 11) is 0. The molecule has 0 saturated carbocycles. The minimum absolute atomic E-state index is 0.259. The number of hydrogen-bond donors (Lipinski definition) is 0. The second kappa shape index (κ2) is 5.24. The largest absolute Gasteiger partial charge is 0.508 e. The van der Waals surface area contributed by atoms with Gasteiger partial charge >= 0.3 is 11.8 Å². The normalized spacial score (nSPS) is 17.8. The second-order valence-corrected chi connectivity index (χ2v) is 4.39. The van der Waals surface area contributed by atoms with Crippen molar-refractivity contribution in [3.8, 4) is 5.75 Å². The molecule has 1 saturated heterocycles. The Balaban J connectivity index is 1.62. The number of carbonyl (C=O) groups is 1. The molecule has 1 atom stereocenters. The summed E-state index contributed by atoms with van der Waals surface area (Å²) in [4.78, 5) is 21.9. The highest BCUT2D eigenvalue weighted by atomic mass is 16.8. The highest BCUT2D eigenvalue weighted by Gasteiger charge is 2.24. The van der Waals surface area contributed by atoms with E-state index in [0.29, 0.717) is 24.4 Å². The van der Waals surface area contributed by atoms with Crippen molar-refractivity contribution in [1.29, 1.82) is 0 Å². The molecular weight excluding hydrogens is 264 g/mol. The number of cyclic esters (lactones) is 2. The van der Waals surface area contributed by atoms with E-state index >= 15 is 0 Å². The Morgan fingerprint density at radius 2 is 2.05 bits per heavy atom. The minimum atomic E-state index is -0.637. The molecule has 2 aromatic rings. The first-order valence-electron chi connectivity index (χ1n) is 6.21. The number of carbonyl (C=O) groups excluding carboxylic acids is 1. The lowest BCUT2D eigenvalue weighted by molar-refractivity contribution is 0.111. The molecule has 1 unspecified atom stereocenters. The molecule has 0 N–H and O–H groups in total. The predicted octanol–water partition coefficient (Wildman–Crippen LogP) is 2.10. The summed E-state index contributed by atoms with van der Waals surface area (Å²) in [5.41, 5.74) is 0.0790. The molecule has 20 heavy (non-hydrogen) atoms. The molecule has 1 aromatic carbocycles. The third kappa shape index (κ3) is 2.74. The summed E-state index contributed by atoms with van der Waals surface area (Å²) >= 11 is 0. The van der Waals surface area contributed by atoms with Crippen molar-refractivity contribution in [2.24, 2.45) is 0 Å². The molecular formula is C14H12O6. The molecule has 104 valence electrons. The van der Waals surface area contributed by atoms with E-state index in [1.54, 1.807) is 18.2 Å². The van der Waals surface area contributed by atoms with E-state index in [1.807, 2.05) is 6.07 Å². The summed E-state index contributed by atoms with van der Waals surface area (Å²) in [6.07, 6.45) is -0.355. The minimum Gasteiger partial charge on any atom is -0.493 e. The van der Waals surface area contributed by atoms with Gasteiger partial charge in [0.15, 0.2) is 0 Å². The van der Waals surface area contributed by atoms with Crippen molar-refractivity contribution < 1.29 is 23.4 Å². The SMILES string of the molecule is O=C1OCC(CCOc2ccc3ccc(=O)oc3c2)O1. The fraction of sp³-hybridized carbons (Fsp3) is 0.286. The number of hydrogen-bond acceptors (Lipinski definition) is 6. The standard InChI is InChI=1S/C14H12O6/c15-13-4-2-9-1-3-10(7-12(9)20-13)17-6-5-11-8-18-14(16)19-11/h1-4,7,11H,5-6,8H2. The summed E-state index contributed by atoms with van der Waals surface area (Å²) < 4.78 is 20.2. The zero-order chi connectivity index (χ0) is 13.9. The van der Waals surface area contributed by atoms with Crippen LogP contribution in [0.4, 0.5) is 4.79 Å². The number of ether oxygens (including phenoxy) is 3. The fourth-order valence-corrected chi connectivity index (χ4v) is 1.95. The number of fused-ring (bicyclic) bond motifs is 1. The molecule has 0 spiro atoms. The summed E-state index contributed by atoms with van der Waals surface area (Å²) in [5.74, 6) is 0.595. The molecule has 1 aliphatic heterocycles. The predicted molar refractivity (Wildman–Crippen MR) is 68.8 cm³/mol. The monoisotopic (exact) mass is 276 g/mol. The van der Waals surface area contributed by atoms with Crippen LogP contribution in [-0.4, -0.2) is 25.5 Å². The van der Waals surface area contributed by atoms with Crippen molar-refractivity contribution in [1.82, 2.24) is 0 Å². The third-order valence-corrected chi connectivity index (χ3v) is 2.95. The maximum atomic E-state index is 11.1. The van der Waals surface area contributed by atoms with Crippen LogP contribution in [0.25, 0.3) is 11.0 Å². The third-order valence-electron chi connectivity index (χ3n) is 2.95. The van der Waals surface area contributed by atoms with Crippen molar-refractivity contribution in [3.05, 3.63) is 40.8 Å². The lowest BCUT2D eigenvalue weighted by Crippen LogP contribution is -2.14. The Kier molecular flexibility index (Phi) is 3.28. The molecule has 0 aliphatic carbocycles. The van der Waals surface area contributed by atoms with Crippen molar-refractivity contribution in [2.75, 3.05) is 13.2 Å². The molecule has 3 rings (SSSR count). The molecule has 6 nitrogen and oxygen atoms in total. The van der Waals surface area contributed by atoms with Crippen LogP contribution in [-0.2, 0) is 9.47 Å². The van der Waals surface area contributed by atoms with E-state index in [2.05, 4.69) is 4.74 Å². The smallest absolute Gasteiger partial charge is 0.493 e. The molecule has 1 fully saturated rings. The fourth-order valence-electron chi connectivity index (χ4n) is 1.95. The van der Waals surface area contributed by atoms with E-state index in [9.17, 15) is 9.59 Å². The van der Waals surface area contributed by atoms with Gasteiger partial charge in [0.25, 0.3) is 0 Å². The lowest BCUT2D eigenvalue weighted by Gasteiger charge is -2.08. The van der Waals surface area contributed by atoms with Crippen LogP contribution in [0, 0.1) is 0 Å². The number of rotatable bonds is 4. The van der Waals surface area contributed by atoms with Crippen LogP contribution in [0.2, 0.25) is 0 Å². The van der Waals surface area contributed by atoms with E-state index < -0.39 is 11.8 Å². The molecule has 0 radical (unpaired) electrons. The van der Waals surface area contributed by atoms with Gasteiger partial charge in [0.05, 0.1) is 6.61 Å². The average Bonchev–Trinajstić information content (AvgIpc) is 2.84. The summed E-state index contributed by atoms with van der Waals surface area (Å²) in [6.45, 7) is 0.638. The topological polar surface area (TPSA) is 75.0 Å². The van der Waals surface area contributed by atoms with Crippen molar-refractivity contribution in [3.63, 3.8) is 0 Å². The van der Waals surface area contributed by atoms with Gasteiger partial charge in [0, 0.05) is 23.9 Å². The van der Waals surface area contributed by atoms with Gasteiger partial charge in [-0.2, -0.15) is 0 Å². The maximum Gasteiger partial charge on any atom is 0.508 e. The first-order valence-corrected chi connectivity index (χ1v) is 6.21. The van der Waals surface area contributed by atoms with E-state index in [4.69, 9.17) is 13.9 Å².